The molecule has 10 aliphatic rings. The number of carbonyl (C=O) groups excluding carboxylic acids is 3. The van der Waals surface area contributed by atoms with E-state index >= 15 is 0 Å². The number of hydrogen-bond donors (Lipinski definition) is 3. The lowest BCUT2D eigenvalue weighted by molar-refractivity contribution is -0.188. The summed E-state index contributed by atoms with van der Waals surface area (Å²) in [6, 6.07) is 8.23. The summed E-state index contributed by atoms with van der Waals surface area (Å²) in [5.74, 6) is 5.36. The third-order valence-corrected chi connectivity index (χ3v) is 20.9. The highest BCUT2D eigenvalue weighted by atomic mass is 16.6. The first kappa shape index (κ1) is 43.1. The molecule has 0 radical (unpaired) electrons. The van der Waals surface area contributed by atoms with Gasteiger partial charge < -0.3 is 33.6 Å². The van der Waals surface area contributed by atoms with Crippen LogP contribution in [0.4, 0.5) is 0 Å². The molecule has 8 aliphatic carbocycles. The summed E-state index contributed by atoms with van der Waals surface area (Å²) in [7, 11) is 0. The van der Waals surface area contributed by atoms with E-state index in [9.17, 15) is 29.7 Å². The largest absolute Gasteiger partial charge is 0.466 e. The van der Waals surface area contributed by atoms with E-state index in [0.29, 0.717) is 50.4 Å². The van der Waals surface area contributed by atoms with Gasteiger partial charge in [0.05, 0.1) is 18.3 Å². The molecular weight excluding hydrogens is 809 g/mol. The van der Waals surface area contributed by atoms with Crippen LogP contribution >= 0.6 is 0 Å². The molecule has 6 saturated carbocycles. The molecule has 0 amide bonds. The SMILES string of the molecule is Cc1ccc([C@@H]2C=C3C[C@@H](O)CC[C@]3(C)C3[C@@H]2[C@@H]2CCC4(CCC(=O)O4)[C@@]2(C)C[C@H]3O)o1.Cc1ccc([C@@H]2CC3=CC(=O)CC[C@]3(C)C3[C@@H]2[C@@H]2CCC4(CCC(=O)O4)[C@@]2(C)C[C@H]3O)o1. The van der Waals surface area contributed by atoms with Gasteiger partial charge in [0.15, 0.2) is 5.78 Å². The van der Waals surface area contributed by atoms with Crippen molar-refractivity contribution in [1.29, 1.82) is 0 Å². The van der Waals surface area contributed by atoms with Crippen molar-refractivity contribution in [3.8, 4) is 0 Å². The minimum absolute atomic E-state index is 0.0774. The summed E-state index contributed by atoms with van der Waals surface area (Å²) in [5.41, 5.74) is 0.875. The lowest BCUT2D eigenvalue weighted by atomic mass is 9.43. The summed E-state index contributed by atoms with van der Waals surface area (Å²) in [4.78, 5) is 36.8. The number of fused-ring (bicyclic) bond motifs is 12. The maximum Gasteiger partial charge on any atom is 0.306 e. The Kier molecular flexibility index (Phi) is 9.78. The van der Waals surface area contributed by atoms with Gasteiger partial charge in [0.25, 0.3) is 0 Å². The van der Waals surface area contributed by atoms with Gasteiger partial charge >= 0.3 is 11.9 Å². The maximum absolute atomic E-state index is 12.4. The van der Waals surface area contributed by atoms with Crippen LogP contribution in [0.2, 0.25) is 0 Å². The van der Waals surface area contributed by atoms with E-state index in [1.807, 2.05) is 32.1 Å². The quantitative estimate of drug-likeness (QED) is 0.196. The van der Waals surface area contributed by atoms with Crippen molar-refractivity contribution in [1.82, 2.24) is 0 Å². The molecule has 10 heteroatoms. The van der Waals surface area contributed by atoms with Crippen molar-refractivity contribution in [3.05, 3.63) is 70.6 Å². The number of aryl methyl sites for hydroxylation is 2. The molecule has 64 heavy (non-hydrogen) atoms. The Morgan fingerprint density at radius 3 is 1.69 bits per heavy atom. The van der Waals surface area contributed by atoms with Gasteiger partial charge in [-0.2, -0.15) is 0 Å². The number of esters is 2. The lowest BCUT2D eigenvalue weighted by Crippen LogP contribution is -2.61. The summed E-state index contributed by atoms with van der Waals surface area (Å²) in [5, 5.41) is 34.1. The highest BCUT2D eigenvalue weighted by molar-refractivity contribution is 5.91. The second-order valence-corrected chi connectivity index (χ2v) is 23.6. The Bertz CT molecular complexity index is 2320. The number of aliphatic hydroxyl groups excluding tert-OH is 3. The van der Waals surface area contributed by atoms with E-state index < -0.39 is 23.4 Å². The molecule has 17 atom stereocenters. The van der Waals surface area contributed by atoms with Crippen LogP contribution in [0.3, 0.4) is 0 Å². The maximum atomic E-state index is 12.4. The minimum atomic E-state index is -0.490. The van der Waals surface area contributed by atoms with E-state index in [4.69, 9.17) is 18.3 Å². The molecule has 2 aliphatic heterocycles. The predicted octanol–water partition coefficient (Wildman–Crippen LogP) is 9.51. The average molecular weight is 879 g/mol. The zero-order valence-corrected chi connectivity index (χ0v) is 38.8. The van der Waals surface area contributed by atoms with E-state index in [0.717, 1.165) is 87.2 Å². The van der Waals surface area contributed by atoms with E-state index in [1.54, 1.807) is 0 Å². The first-order valence-electron chi connectivity index (χ1n) is 24.9. The molecule has 2 saturated heterocycles. The highest BCUT2D eigenvalue weighted by Crippen LogP contribution is 2.73. The van der Waals surface area contributed by atoms with E-state index in [-0.39, 0.29) is 81.0 Å². The fraction of sp³-hybridized carbons (Fsp3) is 0.722. The molecule has 4 heterocycles. The molecule has 0 bridgehead atoms. The number of allylic oxidation sites excluding steroid dienone is 2. The summed E-state index contributed by atoms with van der Waals surface area (Å²) < 4.78 is 24.5. The highest BCUT2D eigenvalue weighted by Gasteiger charge is 2.72. The Morgan fingerprint density at radius 2 is 1.14 bits per heavy atom. The Labute approximate surface area is 378 Å². The molecule has 2 aromatic heterocycles. The second kappa shape index (κ2) is 14.5. The number of rotatable bonds is 2. The van der Waals surface area contributed by atoms with Crippen molar-refractivity contribution in [2.75, 3.05) is 0 Å². The summed E-state index contributed by atoms with van der Waals surface area (Å²) in [6.45, 7) is 13.1. The second-order valence-electron chi connectivity index (χ2n) is 23.6. The molecule has 2 aromatic rings. The minimum Gasteiger partial charge on any atom is -0.466 e. The van der Waals surface area contributed by atoms with Crippen molar-refractivity contribution >= 4 is 17.7 Å². The smallest absolute Gasteiger partial charge is 0.306 e. The number of carbonyl (C=O) groups is 3. The van der Waals surface area contributed by atoms with Gasteiger partial charge in [-0.25, -0.2) is 0 Å². The van der Waals surface area contributed by atoms with Gasteiger partial charge in [-0.05, 0) is 174 Å². The number of hydrogen-bond acceptors (Lipinski definition) is 10. The first-order valence-corrected chi connectivity index (χ1v) is 24.9. The molecule has 8 fully saturated rings. The van der Waals surface area contributed by atoms with Crippen molar-refractivity contribution in [2.24, 2.45) is 57.2 Å². The number of furan rings is 2. The van der Waals surface area contributed by atoms with Gasteiger partial charge in [0.1, 0.15) is 34.2 Å². The van der Waals surface area contributed by atoms with Crippen LogP contribution in [0.15, 0.2) is 56.4 Å². The Morgan fingerprint density at radius 1 is 0.594 bits per heavy atom. The summed E-state index contributed by atoms with van der Waals surface area (Å²) in [6.07, 6.45) is 15.2. The number of aliphatic hydroxyl groups is 3. The molecular formula is C54H70O10. The lowest BCUT2D eigenvalue weighted by Gasteiger charge is -2.62. The van der Waals surface area contributed by atoms with E-state index in [2.05, 4.69) is 45.9 Å². The van der Waals surface area contributed by atoms with E-state index in [1.165, 1.54) is 11.1 Å². The molecule has 12 rings (SSSR count). The van der Waals surface area contributed by atoms with Gasteiger partial charge in [0, 0.05) is 41.9 Å². The first-order chi connectivity index (χ1) is 30.3. The summed E-state index contributed by atoms with van der Waals surface area (Å²) >= 11 is 0. The van der Waals surface area contributed by atoms with Crippen LogP contribution in [-0.2, 0) is 23.9 Å². The van der Waals surface area contributed by atoms with Crippen LogP contribution < -0.4 is 0 Å². The third kappa shape index (κ3) is 5.94. The van der Waals surface area contributed by atoms with Crippen LogP contribution in [0, 0.1) is 71.0 Å². The normalized spacial score (nSPS) is 48.8. The Hall–Kier alpha value is -3.47. The van der Waals surface area contributed by atoms with Crippen LogP contribution in [0.5, 0.6) is 0 Å². The fourth-order valence-electron chi connectivity index (χ4n) is 17.9. The molecule has 2 spiro atoms. The van der Waals surface area contributed by atoms with Crippen LogP contribution in [0.1, 0.15) is 165 Å². The standard InChI is InChI=1S/C27H36O5.C27H34O5/c2*1-15-4-5-21(31-15)18-13-16-12-17(28)6-9-25(16,2)24-20(29)14-26(3)19(23(18)24)7-10-27(26)11-8-22(30)32-27/h4-5,13,17-20,23-24,28-29H,6-12,14H2,1-3H3;4-5,12,18-20,23-24,29H,6-11,13-14H2,1-3H3/t17-,18-,19-,20+,23-,24?,25-,26-,27?;18-,19-,20+,23-,24?,25-,26-,27?/m00/s1. The van der Waals surface area contributed by atoms with Crippen molar-refractivity contribution in [2.45, 2.75) is 186 Å². The van der Waals surface area contributed by atoms with Gasteiger partial charge in [-0.15, -0.1) is 0 Å². The number of ether oxygens (including phenoxy) is 2. The third-order valence-electron chi connectivity index (χ3n) is 20.9. The van der Waals surface area contributed by atoms with Gasteiger partial charge in [-0.3, -0.25) is 14.4 Å². The fourth-order valence-corrected chi connectivity index (χ4v) is 17.9. The Balaban J connectivity index is 0.000000143. The zero-order valence-electron chi connectivity index (χ0n) is 38.8. The predicted molar refractivity (Wildman–Crippen MR) is 236 cm³/mol. The molecule has 10 nitrogen and oxygen atoms in total. The number of ketones is 1. The zero-order chi connectivity index (χ0) is 44.9. The average Bonchev–Trinajstić information content (AvgIpc) is 4.10. The topological polar surface area (TPSA) is 157 Å². The van der Waals surface area contributed by atoms with Crippen molar-refractivity contribution in [3.63, 3.8) is 0 Å². The molecule has 3 N–H and O–H groups in total. The van der Waals surface area contributed by atoms with Crippen LogP contribution in [0.25, 0.3) is 0 Å². The van der Waals surface area contributed by atoms with Crippen LogP contribution in [-0.4, -0.2) is 62.6 Å². The van der Waals surface area contributed by atoms with Gasteiger partial charge in [0.2, 0.25) is 0 Å². The molecule has 0 aromatic carbocycles. The molecule has 4 unspecified atom stereocenters. The van der Waals surface area contributed by atoms with Gasteiger partial charge in [-0.1, -0.05) is 44.9 Å². The molecule has 346 valence electrons. The monoisotopic (exact) mass is 878 g/mol. The van der Waals surface area contributed by atoms with Crippen molar-refractivity contribution < 1.29 is 48.0 Å².